The predicted molar refractivity (Wildman–Crippen MR) is 177 cm³/mol. The number of nitrogens with one attached hydrogen (secondary N) is 4. The van der Waals surface area contributed by atoms with E-state index in [0.29, 0.717) is 19.4 Å². The minimum absolute atomic E-state index is 0.00676. The molecular formula is C33H56N6O7S. The summed E-state index contributed by atoms with van der Waals surface area (Å²) in [5, 5.41) is 11.4. The number of carbonyl (C=O) groups excluding carboxylic acids is 5. The third kappa shape index (κ3) is 7.63. The Morgan fingerprint density at radius 3 is 2.04 bits per heavy atom. The number of piperidine rings is 1. The number of likely N-dealkylation sites (tertiary alicyclic amines) is 1. The molecule has 14 heteroatoms. The summed E-state index contributed by atoms with van der Waals surface area (Å²) in [6.07, 6.45) is 3.76. The van der Waals surface area contributed by atoms with Crippen LogP contribution in [-0.4, -0.2) is 103 Å². The molecule has 3 aliphatic carbocycles. The number of nitrogens with zero attached hydrogens (tertiary/aromatic N) is 2. The van der Waals surface area contributed by atoms with E-state index in [2.05, 4.69) is 35.1 Å². The van der Waals surface area contributed by atoms with Gasteiger partial charge in [0.1, 0.15) is 17.6 Å². The van der Waals surface area contributed by atoms with Crippen molar-refractivity contribution in [3.63, 3.8) is 0 Å². The SMILES string of the molecule is CC[C@@H]1C[C@@]1(NC(=O)[C@@H]1[C@@H]2[C@H](CN1C(=O)[C@@H](NC(=O)N[C@H](CN(C)S(C)(=O)=O)C(C)(C)C)C(C)(C)C)C2(C)C)C(=O)C(=O)NC1CC1. The molecule has 3 saturated carbocycles. The van der Waals surface area contributed by atoms with Crippen LogP contribution in [0, 0.1) is 34.0 Å². The molecule has 1 aliphatic heterocycles. The van der Waals surface area contributed by atoms with Gasteiger partial charge in [-0.3, -0.25) is 19.2 Å². The van der Waals surface area contributed by atoms with Gasteiger partial charge in [-0.15, -0.1) is 0 Å². The topological polar surface area (TPSA) is 174 Å². The smallest absolute Gasteiger partial charge is 0.315 e. The van der Waals surface area contributed by atoms with Crippen LogP contribution in [0.1, 0.15) is 88.0 Å². The Labute approximate surface area is 280 Å². The lowest BCUT2D eigenvalue weighted by Gasteiger charge is -2.39. The van der Waals surface area contributed by atoms with Gasteiger partial charge in [-0.05, 0) is 53.3 Å². The third-order valence-electron chi connectivity index (χ3n) is 11.0. The maximum atomic E-state index is 14.4. The number of ketones is 1. The monoisotopic (exact) mass is 680 g/mol. The van der Waals surface area contributed by atoms with Gasteiger partial charge in [0.2, 0.25) is 27.6 Å². The number of urea groups is 1. The molecule has 0 radical (unpaired) electrons. The normalized spacial score (nSPS) is 29.3. The second kappa shape index (κ2) is 12.3. The van der Waals surface area contributed by atoms with E-state index in [1.165, 1.54) is 16.3 Å². The van der Waals surface area contributed by atoms with E-state index in [1.54, 1.807) is 0 Å². The van der Waals surface area contributed by atoms with E-state index < -0.39 is 74.1 Å². The van der Waals surface area contributed by atoms with E-state index >= 15 is 0 Å². The molecule has 266 valence electrons. The van der Waals surface area contributed by atoms with Gasteiger partial charge in [-0.1, -0.05) is 68.7 Å². The highest BCUT2D eigenvalue weighted by Gasteiger charge is 2.71. The van der Waals surface area contributed by atoms with Crippen molar-refractivity contribution in [1.82, 2.24) is 30.5 Å². The molecule has 4 rings (SSSR count). The van der Waals surface area contributed by atoms with Crippen LogP contribution in [-0.2, 0) is 29.2 Å². The molecule has 0 aromatic heterocycles. The van der Waals surface area contributed by atoms with Crippen LogP contribution in [0.15, 0.2) is 0 Å². The number of likely N-dealkylation sites (N-methyl/N-ethyl adjacent to an activating group) is 1. The molecule has 47 heavy (non-hydrogen) atoms. The van der Waals surface area contributed by atoms with Crippen molar-refractivity contribution in [2.45, 2.75) is 118 Å². The molecule has 0 spiro atoms. The Bertz CT molecular complexity index is 1410. The highest BCUT2D eigenvalue weighted by atomic mass is 32.2. The van der Waals surface area contributed by atoms with Crippen molar-refractivity contribution >= 4 is 39.6 Å². The Balaban J connectivity index is 1.54. The predicted octanol–water partition coefficient (Wildman–Crippen LogP) is 1.62. The third-order valence-corrected chi connectivity index (χ3v) is 12.3. The first-order valence-corrected chi connectivity index (χ1v) is 18.7. The molecule has 4 aliphatic rings. The molecular weight excluding hydrogens is 624 g/mol. The van der Waals surface area contributed by atoms with E-state index in [0.717, 1.165) is 19.1 Å². The van der Waals surface area contributed by atoms with E-state index in [9.17, 15) is 32.4 Å². The summed E-state index contributed by atoms with van der Waals surface area (Å²) < 4.78 is 25.4. The number of rotatable bonds is 12. The number of hydrogen-bond acceptors (Lipinski definition) is 7. The van der Waals surface area contributed by atoms with Crippen molar-refractivity contribution in [2.75, 3.05) is 26.4 Å². The minimum atomic E-state index is -3.50. The van der Waals surface area contributed by atoms with Crippen molar-refractivity contribution in [1.29, 1.82) is 0 Å². The number of hydrogen-bond donors (Lipinski definition) is 4. The van der Waals surface area contributed by atoms with E-state index in [1.807, 2.05) is 48.5 Å². The van der Waals surface area contributed by atoms with Gasteiger partial charge in [0.25, 0.3) is 5.91 Å². The van der Waals surface area contributed by atoms with Crippen molar-refractivity contribution in [3.8, 4) is 0 Å². The fourth-order valence-corrected chi connectivity index (χ4v) is 7.59. The standard InChI is InChI=1S/C33H56N6O7S/c1-12-18-15-33(18,25(40)27(42)34-19-13-14-19)37-26(41)23-22-20(32(22,8)9)16-39(23)28(43)24(31(5,6)7)36-29(44)35-21(30(2,3)4)17-38(10)47(11,45)46/h18-24H,12-17H2,1-11H3,(H,34,42)(H,37,41)(H2,35,36,44)/t18-,20+,21-,22+,23+,24-,33+/m1/s1. The van der Waals surface area contributed by atoms with Crippen LogP contribution < -0.4 is 21.3 Å². The first-order chi connectivity index (χ1) is 21.4. The van der Waals surface area contributed by atoms with Crippen LogP contribution >= 0.6 is 0 Å². The summed E-state index contributed by atoms with van der Waals surface area (Å²) >= 11 is 0. The lowest BCUT2D eigenvalue weighted by Crippen LogP contribution is -2.63. The summed E-state index contributed by atoms with van der Waals surface area (Å²) in [6.45, 7) is 17.5. The average Bonchev–Trinajstić information content (AvgIpc) is 3.88. The number of fused-ring (bicyclic) bond motifs is 1. The number of carbonyl (C=O) groups is 5. The van der Waals surface area contributed by atoms with Gasteiger partial charge in [-0.25, -0.2) is 17.5 Å². The zero-order chi connectivity index (χ0) is 35.7. The molecule has 1 saturated heterocycles. The fourth-order valence-electron chi connectivity index (χ4n) is 7.17. The lowest BCUT2D eigenvalue weighted by atomic mass is 9.85. The Morgan fingerprint density at radius 2 is 1.57 bits per heavy atom. The Kier molecular flexibility index (Phi) is 9.70. The molecule has 1 heterocycles. The maximum Gasteiger partial charge on any atom is 0.315 e. The van der Waals surface area contributed by atoms with Gasteiger partial charge < -0.3 is 26.2 Å². The van der Waals surface area contributed by atoms with Gasteiger partial charge in [0.05, 0.1) is 6.26 Å². The maximum absolute atomic E-state index is 14.4. The average molecular weight is 681 g/mol. The van der Waals surface area contributed by atoms with Gasteiger partial charge in [0.15, 0.2) is 0 Å². The van der Waals surface area contributed by atoms with Crippen LogP contribution in [0.2, 0.25) is 0 Å². The summed E-state index contributed by atoms with van der Waals surface area (Å²) in [7, 11) is -2.05. The lowest BCUT2D eigenvalue weighted by molar-refractivity contribution is -0.146. The molecule has 13 nitrogen and oxygen atoms in total. The van der Waals surface area contributed by atoms with Crippen LogP contribution in [0.4, 0.5) is 4.79 Å². The van der Waals surface area contributed by atoms with E-state index in [-0.39, 0.29) is 35.8 Å². The molecule has 7 atom stereocenters. The first kappa shape index (κ1) is 37.1. The molecule has 4 fully saturated rings. The zero-order valence-corrected chi connectivity index (χ0v) is 30.8. The Hall–Kier alpha value is -2.74. The summed E-state index contributed by atoms with van der Waals surface area (Å²) in [5.74, 6) is -2.40. The number of Topliss-reactive ketones (excluding diaryl/α,β-unsaturated/α-hetero) is 1. The highest BCUT2D eigenvalue weighted by Crippen LogP contribution is 2.65. The van der Waals surface area contributed by atoms with Crippen molar-refractivity contribution in [3.05, 3.63) is 0 Å². The Morgan fingerprint density at radius 1 is 0.979 bits per heavy atom. The minimum Gasteiger partial charge on any atom is -0.347 e. The summed E-state index contributed by atoms with van der Waals surface area (Å²) in [4.78, 5) is 69.7. The largest absolute Gasteiger partial charge is 0.347 e. The first-order valence-electron chi connectivity index (χ1n) is 16.8. The molecule has 0 bridgehead atoms. The van der Waals surface area contributed by atoms with Gasteiger partial charge in [0, 0.05) is 32.2 Å². The van der Waals surface area contributed by atoms with Crippen LogP contribution in [0.5, 0.6) is 0 Å². The molecule has 0 aromatic carbocycles. The van der Waals surface area contributed by atoms with Crippen LogP contribution in [0.25, 0.3) is 0 Å². The highest BCUT2D eigenvalue weighted by molar-refractivity contribution is 7.88. The summed E-state index contributed by atoms with van der Waals surface area (Å²) in [5.41, 5.74) is -2.73. The number of amides is 5. The van der Waals surface area contributed by atoms with E-state index in [4.69, 9.17) is 0 Å². The van der Waals surface area contributed by atoms with Gasteiger partial charge >= 0.3 is 6.03 Å². The van der Waals surface area contributed by atoms with Gasteiger partial charge in [-0.2, -0.15) is 0 Å². The molecule has 4 N–H and O–H groups in total. The quantitative estimate of drug-likeness (QED) is 0.227. The number of sulfonamides is 1. The second-order valence-corrected chi connectivity index (χ2v) is 19.2. The molecule has 0 unspecified atom stereocenters. The zero-order valence-electron chi connectivity index (χ0n) is 29.9. The second-order valence-electron chi connectivity index (χ2n) is 17.1. The fraction of sp³-hybridized carbons (Fsp3) is 0.848. The van der Waals surface area contributed by atoms with Crippen LogP contribution in [0.3, 0.4) is 0 Å². The molecule has 5 amide bonds. The molecule has 0 aromatic rings. The van der Waals surface area contributed by atoms with Crippen molar-refractivity contribution < 1.29 is 32.4 Å². The van der Waals surface area contributed by atoms with Crippen molar-refractivity contribution in [2.24, 2.45) is 34.0 Å². The summed E-state index contributed by atoms with van der Waals surface area (Å²) in [6, 6.07) is -3.08.